The van der Waals surface area contributed by atoms with Crippen molar-refractivity contribution in [1.29, 1.82) is 0 Å². The third-order valence-electron chi connectivity index (χ3n) is 4.62. The lowest BCUT2D eigenvalue weighted by molar-refractivity contribution is 0.0696. The molecular formula is C18H16O4S. The number of benzene rings is 2. The summed E-state index contributed by atoms with van der Waals surface area (Å²) in [6.45, 7) is 0. The topological polar surface area (TPSA) is 77.8 Å². The van der Waals surface area contributed by atoms with E-state index < -0.39 is 18.2 Å². The van der Waals surface area contributed by atoms with E-state index in [2.05, 4.69) is 6.07 Å². The Balaban J connectivity index is 1.83. The molecule has 2 aromatic rings. The first kappa shape index (κ1) is 14.8. The Morgan fingerprint density at radius 3 is 2.61 bits per heavy atom. The number of carbonyl (C=O) groups is 1. The smallest absolute Gasteiger partial charge is 0.335 e. The van der Waals surface area contributed by atoms with Crippen molar-refractivity contribution in [2.75, 3.05) is 0 Å². The molecular weight excluding hydrogens is 312 g/mol. The second-order valence-corrected chi connectivity index (χ2v) is 7.18. The van der Waals surface area contributed by atoms with Gasteiger partial charge in [0.1, 0.15) is 0 Å². The molecule has 0 spiro atoms. The van der Waals surface area contributed by atoms with E-state index in [9.17, 15) is 20.1 Å². The fourth-order valence-corrected chi connectivity index (χ4v) is 4.59. The second kappa shape index (κ2) is 5.37. The average molecular weight is 328 g/mol. The van der Waals surface area contributed by atoms with Crippen molar-refractivity contribution in [3.8, 4) is 0 Å². The highest BCUT2D eigenvalue weighted by Gasteiger charge is 2.27. The molecule has 23 heavy (non-hydrogen) atoms. The van der Waals surface area contributed by atoms with Crippen molar-refractivity contribution in [1.82, 2.24) is 0 Å². The predicted molar refractivity (Wildman–Crippen MR) is 85.9 cm³/mol. The van der Waals surface area contributed by atoms with Gasteiger partial charge in [-0.15, -0.1) is 0 Å². The van der Waals surface area contributed by atoms with E-state index in [1.165, 1.54) is 17.8 Å². The van der Waals surface area contributed by atoms with E-state index in [4.69, 9.17) is 0 Å². The normalized spacial score (nSPS) is 22.0. The van der Waals surface area contributed by atoms with Crippen LogP contribution < -0.4 is 0 Å². The monoisotopic (exact) mass is 328 g/mol. The summed E-state index contributed by atoms with van der Waals surface area (Å²) < 4.78 is 0. The largest absolute Gasteiger partial charge is 0.478 e. The average Bonchev–Trinajstić information content (AvgIpc) is 2.80. The van der Waals surface area contributed by atoms with Gasteiger partial charge in [0, 0.05) is 16.2 Å². The Hall–Kier alpha value is -1.82. The van der Waals surface area contributed by atoms with Gasteiger partial charge >= 0.3 is 5.97 Å². The number of aryl methyl sites for hydroxylation is 1. The first-order valence-corrected chi connectivity index (χ1v) is 8.41. The molecule has 2 aliphatic rings. The van der Waals surface area contributed by atoms with Crippen LogP contribution >= 0.6 is 11.8 Å². The molecule has 0 saturated heterocycles. The molecule has 1 aliphatic heterocycles. The number of hydrogen-bond donors (Lipinski definition) is 3. The second-order valence-electron chi connectivity index (χ2n) is 6.09. The van der Waals surface area contributed by atoms with Crippen LogP contribution in [0.3, 0.4) is 0 Å². The highest BCUT2D eigenvalue weighted by atomic mass is 32.2. The van der Waals surface area contributed by atoms with Crippen LogP contribution in [0, 0.1) is 0 Å². The molecule has 2 atom stereocenters. The zero-order chi connectivity index (χ0) is 16.1. The first-order chi connectivity index (χ1) is 11.0. The summed E-state index contributed by atoms with van der Waals surface area (Å²) >= 11 is 1.47. The quantitative estimate of drug-likeness (QED) is 0.750. The molecule has 0 fully saturated rings. The van der Waals surface area contributed by atoms with Crippen molar-refractivity contribution in [2.24, 2.45) is 0 Å². The zero-order valence-electron chi connectivity index (χ0n) is 12.3. The standard InChI is InChI=1S/C18H16O4S/c19-14-4-2-9-5-11-6-15(20)12-3-1-10(18(21)22)7-17(12)23-16(11)8-13(9)14/h1,3,5,7-8,14-15,19-20H,2,4,6H2,(H,21,22)/t14-,15?/m1/s1. The molecule has 4 rings (SSSR count). The van der Waals surface area contributed by atoms with E-state index in [1.54, 1.807) is 12.1 Å². The Kier molecular flexibility index (Phi) is 3.44. The number of carboxylic acids is 1. The highest BCUT2D eigenvalue weighted by Crippen LogP contribution is 2.44. The molecule has 0 aromatic heterocycles. The molecule has 5 heteroatoms. The Morgan fingerprint density at radius 1 is 1.00 bits per heavy atom. The minimum Gasteiger partial charge on any atom is -0.478 e. The summed E-state index contributed by atoms with van der Waals surface area (Å²) in [6.07, 6.45) is 1.04. The Bertz CT molecular complexity index is 815. The number of fused-ring (bicyclic) bond motifs is 3. The molecule has 0 radical (unpaired) electrons. The van der Waals surface area contributed by atoms with Crippen molar-refractivity contribution < 1.29 is 20.1 Å². The van der Waals surface area contributed by atoms with Crippen LogP contribution in [-0.2, 0) is 12.8 Å². The van der Waals surface area contributed by atoms with E-state index in [1.807, 2.05) is 6.07 Å². The molecule has 1 heterocycles. The fourth-order valence-electron chi connectivity index (χ4n) is 3.39. The number of aliphatic hydroxyl groups excluding tert-OH is 2. The van der Waals surface area contributed by atoms with Crippen molar-refractivity contribution in [3.63, 3.8) is 0 Å². The lowest BCUT2D eigenvalue weighted by atomic mass is 9.97. The van der Waals surface area contributed by atoms with Gasteiger partial charge in [0.15, 0.2) is 0 Å². The van der Waals surface area contributed by atoms with Crippen LogP contribution in [0.5, 0.6) is 0 Å². The van der Waals surface area contributed by atoms with Gasteiger partial charge in [-0.2, -0.15) is 0 Å². The molecule has 118 valence electrons. The Labute approximate surface area is 137 Å². The molecule has 3 N–H and O–H groups in total. The van der Waals surface area contributed by atoms with Gasteiger partial charge in [-0.25, -0.2) is 4.79 Å². The highest BCUT2D eigenvalue weighted by molar-refractivity contribution is 7.99. The lowest BCUT2D eigenvalue weighted by Gasteiger charge is -2.12. The van der Waals surface area contributed by atoms with Gasteiger partial charge < -0.3 is 15.3 Å². The third kappa shape index (κ3) is 2.45. The number of hydrogen-bond acceptors (Lipinski definition) is 4. The van der Waals surface area contributed by atoms with Crippen molar-refractivity contribution in [2.45, 2.75) is 41.3 Å². The van der Waals surface area contributed by atoms with Gasteiger partial charge in [-0.1, -0.05) is 23.9 Å². The van der Waals surface area contributed by atoms with Crippen molar-refractivity contribution >= 4 is 17.7 Å². The molecule has 2 aromatic carbocycles. The van der Waals surface area contributed by atoms with Crippen LogP contribution in [0.4, 0.5) is 0 Å². The maximum atomic E-state index is 11.2. The number of aliphatic hydroxyl groups is 2. The van der Waals surface area contributed by atoms with Crippen LogP contribution in [0.15, 0.2) is 40.1 Å². The van der Waals surface area contributed by atoms with Crippen LogP contribution in [0.1, 0.15) is 51.2 Å². The molecule has 1 unspecified atom stereocenters. The molecule has 4 nitrogen and oxygen atoms in total. The SMILES string of the molecule is O=C(O)c1ccc2c(c1)Sc1cc3c(cc1CC2O)CC[C@H]3O. The Morgan fingerprint density at radius 2 is 1.83 bits per heavy atom. The molecule has 0 amide bonds. The van der Waals surface area contributed by atoms with Gasteiger partial charge in [-0.05, 0) is 53.3 Å². The summed E-state index contributed by atoms with van der Waals surface area (Å²) in [6, 6.07) is 8.93. The fraction of sp³-hybridized carbons (Fsp3) is 0.278. The summed E-state index contributed by atoms with van der Waals surface area (Å²) in [5, 5.41) is 29.8. The maximum absolute atomic E-state index is 11.2. The minimum atomic E-state index is -0.975. The molecule has 1 aliphatic carbocycles. The lowest BCUT2D eigenvalue weighted by Crippen LogP contribution is -2.04. The summed E-state index contributed by atoms with van der Waals surface area (Å²) in [5.74, 6) is -0.975. The van der Waals surface area contributed by atoms with Crippen molar-refractivity contribution in [3.05, 3.63) is 58.1 Å². The van der Waals surface area contributed by atoms with E-state index in [0.29, 0.717) is 6.42 Å². The van der Waals surface area contributed by atoms with Gasteiger partial charge in [0.25, 0.3) is 0 Å². The van der Waals surface area contributed by atoms with Crippen LogP contribution in [-0.4, -0.2) is 21.3 Å². The van der Waals surface area contributed by atoms with Gasteiger partial charge in [-0.3, -0.25) is 0 Å². The first-order valence-electron chi connectivity index (χ1n) is 7.60. The number of rotatable bonds is 1. The van der Waals surface area contributed by atoms with Crippen LogP contribution in [0.2, 0.25) is 0 Å². The maximum Gasteiger partial charge on any atom is 0.335 e. The zero-order valence-corrected chi connectivity index (χ0v) is 13.1. The van der Waals surface area contributed by atoms with E-state index in [0.717, 1.165) is 44.9 Å². The predicted octanol–water partition coefficient (Wildman–Crippen LogP) is 3.11. The van der Waals surface area contributed by atoms with Crippen LogP contribution in [0.25, 0.3) is 0 Å². The van der Waals surface area contributed by atoms with Gasteiger partial charge in [0.2, 0.25) is 0 Å². The van der Waals surface area contributed by atoms with Gasteiger partial charge in [0.05, 0.1) is 17.8 Å². The molecule has 0 bridgehead atoms. The number of carboxylic acid groups (broad SMARTS) is 1. The molecule has 0 saturated carbocycles. The minimum absolute atomic E-state index is 0.216. The summed E-state index contributed by atoms with van der Waals surface area (Å²) in [4.78, 5) is 12.9. The number of aromatic carboxylic acids is 1. The summed E-state index contributed by atoms with van der Waals surface area (Å²) in [5.41, 5.74) is 4.15. The van der Waals surface area contributed by atoms with E-state index in [-0.39, 0.29) is 5.56 Å². The van der Waals surface area contributed by atoms with E-state index >= 15 is 0 Å². The summed E-state index contributed by atoms with van der Waals surface area (Å²) in [7, 11) is 0. The third-order valence-corrected chi connectivity index (χ3v) is 5.79.